The van der Waals surface area contributed by atoms with Gasteiger partial charge < -0.3 is 9.47 Å². The Morgan fingerprint density at radius 3 is 2.45 bits per heavy atom. The maximum atomic E-state index is 10.8. The maximum absolute atomic E-state index is 10.8. The van der Waals surface area contributed by atoms with E-state index < -0.39 is 18.2 Å². The highest BCUT2D eigenvalue weighted by Crippen LogP contribution is 2.15. The van der Waals surface area contributed by atoms with E-state index in [1.807, 2.05) is 0 Å². The van der Waals surface area contributed by atoms with Crippen LogP contribution in [0.4, 0.5) is 0 Å². The fourth-order valence-electron chi connectivity index (χ4n) is 0.765. The number of cyclic esters (lactones) is 1. The average Bonchev–Trinajstić information content (AvgIpc) is 1.97. The van der Waals surface area contributed by atoms with Crippen LogP contribution in [0, 0.1) is 0 Å². The lowest BCUT2D eigenvalue weighted by atomic mass is 10.3. The van der Waals surface area contributed by atoms with E-state index in [0.29, 0.717) is 0 Å². The summed E-state index contributed by atoms with van der Waals surface area (Å²) in [6, 6.07) is 0. The first-order chi connectivity index (χ1) is 5.15. The van der Waals surface area contributed by atoms with E-state index in [2.05, 4.69) is 0 Å². The Morgan fingerprint density at radius 2 is 1.91 bits per heavy atom. The van der Waals surface area contributed by atoms with E-state index in [1.165, 1.54) is 6.92 Å². The number of hydrogen-bond acceptors (Lipinski definition) is 4. The zero-order valence-electron chi connectivity index (χ0n) is 6.29. The summed E-state index contributed by atoms with van der Waals surface area (Å²) >= 11 is 0. The van der Waals surface area contributed by atoms with Crippen molar-refractivity contribution < 1.29 is 19.1 Å². The molecule has 60 valence electrons. The van der Waals surface area contributed by atoms with Crippen molar-refractivity contribution in [3.05, 3.63) is 5.76 Å². The van der Waals surface area contributed by atoms with Crippen molar-refractivity contribution in [3.63, 3.8) is 0 Å². The van der Waals surface area contributed by atoms with Crippen LogP contribution in [0.5, 0.6) is 0 Å². The quantitative estimate of drug-likeness (QED) is 0.367. The third-order valence-electron chi connectivity index (χ3n) is 1.40. The van der Waals surface area contributed by atoms with Crippen LogP contribution < -0.4 is 0 Å². The van der Waals surface area contributed by atoms with Gasteiger partial charge in [0, 0.05) is 0 Å². The second-order valence-corrected chi connectivity index (χ2v) is 2.31. The predicted molar refractivity (Wildman–Crippen MR) is 35.3 cm³/mol. The Labute approximate surface area is 63.8 Å². The van der Waals surface area contributed by atoms with E-state index in [-0.39, 0.29) is 5.76 Å². The van der Waals surface area contributed by atoms with E-state index in [1.54, 1.807) is 12.9 Å². The van der Waals surface area contributed by atoms with Crippen molar-refractivity contribution >= 4 is 11.9 Å². The van der Waals surface area contributed by atoms with Crippen LogP contribution in [0.25, 0.3) is 0 Å². The Morgan fingerprint density at radius 1 is 1.27 bits per heavy atom. The van der Waals surface area contributed by atoms with Crippen LogP contribution in [0.3, 0.4) is 0 Å². The maximum Gasteiger partial charge on any atom is 0.347 e. The number of ether oxygens (including phenoxy) is 2. The first-order valence-corrected chi connectivity index (χ1v) is 3.27. The molecule has 4 nitrogen and oxygen atoms in total. The van der Waals surface area contributed by atoms with Crippen LogP contribution in [-0.2, 0) is 19.1 Å². The molecule has 0 radical (unpaired) electrons. The molecule has 0 saturated carbocycles. The van der Waals surface area contributed by atoms with Crippen molar-refractivity contribution in [1.29, 1.82) is 0 Å². The van der Waals surface area contributed by atoms with Crippen LogP contribution >= 0.6 is 0 Å². The minimum atomic E-state index is -0.692. The molecule has 0 bridgehead atoms. The van der Waals surface area contributed by atoms with Crippen LogP contribution in [0.15, 0.2) is 5.76 Å². The third-order valence-corrected chi connectivity index (χ3v) is 1.40. The fourth-order valence-corrected chi connectivity index (χ4v) is 0.765. The van der Waals surface area contributed by atoms with Gasteiger partial charge in [0.1, 0.15) is 0 Å². The van der Waals surface area contributed by atoms with Gasteiger partial charge in [-0.3, -0.25) is 0 Å². The molecule has 0 N–H and O–H groups in total. The van der Waals surface area contributed by atoms with Crippen molar-refractivity contribution in [2.45, 2.75) is 26.1 Å². The molecule has 2 atom stereocenters. The molecule has 1 rings (SSSR count). The number of hydrogen-bond donors (Lipinski definition) is 0. The largest absolute Gasteiger partial charge is 0.469 e. The van der Waals surface area contributed by atoms with E-state index in [0.717, 1.165) is 0 Å². The summed E-state index contributed by atoms with van der Waals surface area (Å²) in [7, 11) is 0. The average molecular weight is 156 g/mol. The molecule has 0 amide bonds. The monoisotopic (exact) mass is 156 g/mol. The lowest BCUT2D eigenvalue weighted by molar-refractivity contribution is -0.168. The molecule has 0 aromatic heterocycles. The molecule has 0 aliphatic carbocycles. The molecule has 2 unspecified atom stereocenters. The van der Waals surface area contributed by atoms with Gasteiger partial charge in [-0.25, -0.2) is 9.59 Å². The molecule has 1 aliphatic rings. The summed E-state index contributed by atoms with van der Waals surface area (Å²) in [6.45, 7) is 3.08. The molecule has 1 fully saturated rings. The number of carbonyl (C=O) groups excluding carboxylic acids is 2. The second kappa shape index (κ2) is 2.76. The molecule has 4 heteroatoms. The zero-order chi connectivity index (χ0) is 8.43. The van der Waals surface area contributed by atoms with Gasteiger partial charge in [0.25, 0.3) is 0 Å². The molecule has 11 heavy (non-hydrogen) atoms. The minimum absolute atomic E-state index is 0.0529. The standard InChI is InChI=1S/C7H8O4/c1-4-6(3-8)10-5(2)7(9)11-4/h4-5H,1-2H3. The molecule has 1 heterocycles. The van der Waals surface area contributed by atoms with Gasteiger partial charge in [-0.15, -0.1) is 0 Å². The SMILES string of the molecule is CC1OC(=C=O)C(C)OC1=O. The van der Waals surface area contributed by atoms with Gasteiger partial charge in [0.05, 0.1) is 0 Å². The number of rotatable bonds is 0. The van der Waals surface area contributed by atoms with Gasteiger partial charge in [-0.1, -0.05) is 0 Å². The predicted octanol–water partition coefficient (Wildman–Crippen LogP) is 0.0523. The molecule has 0 aromatic carbocycles. The van der Waals surface area contributed by atoms with E-state index in [9.17, 15) is 9.59 Å². The third kappa shape index (κ3) is 1.41. The Bertz CT molecular complexity index is 227. The highest BCUT2D eigenvalue weighted by Gasteiger charge is 2.30. The summed E-state index contributed by atoms with van der Waals surface area (Å²) < 4.78 is 9.62. The first-order valence-electron chi connectivity index (χ1n) is 3.27. The summed E-state index contributed by atoms with van der Waals surface area (Å²) in [5.41, 5.74) is 0. The summed E-state index contributed by atoms with van der Waals surface area (Å²) in [4.78, 5) is 20.9. The van der Waals surface area contributed by atoms with Gasteiger partial charge in [-0.05, 0) is 13.8 Å². The molecule has 0 aromatic rings. The molecule has 1 aliphatic heterocycles. The lowest BCUT2D eigenvalue weighted by Gasteiger charge is -2.24. The summed E-state index contributed by atoms with van der Waals surface area (Å²) in [6.07, 6.45) is -1.29. The van der Waals surface area contributed by atoms with Gasteiger partial charge in [-0.2, -0.15) is 0 Å². The van der Waals surface area contributed by atoms with Gasteiger partial charge >= 0.3 is 5.97 Å². The normalized spacial score (nSPS) is 30.4. The van der Waals surface area contributed by atoms with Gasteiger partial charge in [0.15, 0.2) is 18.1 Å². The van der Waals surface area contributed by atoms with Crippen molar-refractivity contribution in [2.75, 3.05) is 0 Å². The summed E-state index contributed by atoms with van der Waals surface area (Å²) in [5.74, 6) is 1.18. The fraction of sp³-hybridized carbons (Fsp3) is 0.571. The zero-order valence-corrected chi connectivity index (χ0v) is 6.29. The molecular weight excluding hydrogens is 148 g/mol. The highest BCUT2D eigenvalue weighted by atomic mass is 16.6. The van der Waals surface area contributed by atoms with Crippen LogP contribution in [0.2, 0.25) is 0 Å². The smallest absolute Gasteiger partial charge is 0.347 e. The van der Waals surface area contributed by atoms with Crippen molar-refractivity contribution in [3.8, 4) is 0 Å². The molecule has 1 saturated heterocycles. The lowest BCUT2D eigenvalue weighted by Crippen LogP contribution is -2.35. The van der Waals surface area contributed by atoms with Crippen molar-refractivity contribution in [1.82, 2.24) is 0 Å². The Balaban J connectivity index is 2.78. The Kier molecular flexibility index (Phi) is 1.96. The number of esters is 1. The first kappa shape index (κ1) is 7.82. The molecule has 0 spiro atoms. The van der Waals surface area contributed by atoms with Gasteiger partial charge in [0.2, 0.25) is 5.76 Å². The topological polar surface area (TPSA) is 52.6 Å². The van der Waals surface area contributed by atoms with Crippen LogP contribution in [-0.4, -0.2) is 24.1 Å². The van der Waals surface area contributed by atoms with E-state index in [4.69, 9.17) is 9.47 Å². The Hall–Kier alpha value is -1.28. The van der Waals surface area contributed by atoms with E-state index >= 15 is 0 Å². The molecular formula is C7H8O4. The summed E-state index contributed by atoms with van der Waals surface area (Å²) in [5, 5.41) is 0. The van der Waals surface area contributed by atoms with Crippen LogP contribution in [0.1, 0.15) is 13.8 Å². The minimum Gasteiger partial charge on any atom is -0.469 e. The highest BCUT2D eigenvalue weighted by molar-refractivity contribution is 5.76. The number of carbonyl (C=O) groups is 1. The second-order valence-electron chi connectivity index (χ2n) is 2.31. The van der Waals surface area contributed by atoms with Crippen molar-refractivity contribution in [2.24, 2.45) is 0 Å².